The molecule has 3 N–H and O–H groups in total. The summed E-state index contributed by atoms with van der Waals surface area (Å²) < 4.78 is 0. The minimum Gasteiger partial charge on any atom is -0.388 e. The third-order valence-electron chi connectivity index (χ3n) is 2.63. The molecule has 2 amide bonds. The van der Waals surface area contributed by atoms with Gasteiger partial charge in [-0.15, -0.1) is 11.3 Å². The van der Waals surface area contributed by atoms with Crippen molar-refractivity contribution in [2.24, 2.45) is 0 Å². The summed E-state index contributed by atoms with van der Waals surface area (Å²) >= 11 is 3.17. The summed E-state index contributed by atoms with van der Waals surface area (Å²) in [5.74, 6) is 0. The highest BCUT2D eigenvalue weighted by Gasteiger charge is 2.08. The molecular weight excluding hydrogens is 280 g/mol. The van der Waals surface area contributed by atoms with Crippen LogP contribution in [0.5, 0.6) is 0 Å². The lowest BCUT2D eigenvalue weighted by molar-refractivity contribution is 0.167. The maximum Gasteiger partial charge on any atom is 0.315 e. The Hall–Kier alpha value is -1.37. The van der Waals surface area contributed by atoms with E-state index in [4.69, 9.17) is 0 Å². The molecular formula is C13H16N2O2S2. The van der Waals surface area contributed by atoms with E-state index in [2.05, 4.69) is 10.6 Å². The van der Waals surface area contributed by atoms with Gasteiger partial charge in [-0.05, 0) is 40.3 Å². The van der Waals surface area contributed by atoms with Crippen molar-refractivity contribution in [1.82, 2.24) is 10.6 Å². The molecule has 0 saturated heterocycles. The van der Waals surface area contributed by atoms with Crippen LogP contribution in [0.1, 0.15) is 23.0 Å². The molecule has 2 heterocycles. The van der Waals surface area contributed by atoms with Crippen LogP contribution in [0.2, 0.25) is 0 Å². The Balaban J connectivity index is 1.61. The maximum atomic E-state index is 11.5. The molecule has 0 aliphatic rings. The lowest BCUT2D eigenvalue weighted by Gasteiger charge is -2.10. The molecule has 0 fully saturated rings. The number of rotatable bonds is 6. The number of hydrogen-bond acceptors (Lipinski definition) is 4. The number of amides is 2. The van der Waals surface area contributed by atoms with Gasteiger partial charge in [0, 0.05) is 11.4 Å². The van der Waals surface area contributed by atoms with Crippen molar-refractivity contribution in [2.75, 3.05) is 6.54 Å². The number of urea groups is 1. The van der Waals surface area contributed by atoms with Crippen molar-refractivity contribution in [3.8, 4) is 0 Å². The van der Waals surface area contributed by atoms with Crippen LogP contribution in [-0.4, -0.2) is 17.7 Å². The first-order valence-corrected chi connectivity index (χ1v) is 7.82. The van der Waals surface area contributed by atoms with Gasteiger partial charge in [0.05, 0.1) is 12.6 Å². The lowest BCUT2D eigenvalue weighted by Crippen LogP contribution is -2.35. The van der Waals surface area contributed by atoms with Gasteiger partial charge in [0.2, 0.25) is 0 Å². The van der Waals surface area contributed by atoms with Crippen LogP contribution in [0.25, 0.3) is 0 Å². The van der Waals surface area contributed by atoms with Gasteiger partial charge < -0.3 is 15.7 Å². The van der Waals surface area contributed by atoms with E-state index in [0.29, 0.717) is 19.5 Å². The average molecular weight is 296 g/mol. The van der Waals surface area contributed by atoms with Gasteiger partial charge in [0.25, 0.3) is 0 Å². The summed E-state index contributed by atoms with van der Waals surface area (Å²) in [7, 11) is 0. The largest absolute Gasteiger partial charge is 0.388 e. The molecule has 2 aromatic heterocycles. The topological polar surface area (TPSA) is 61.4 Å². The number of nitrogens with one attached hydrogen (secondary N) is 2. The molecule has 0 spiro atoms. The number of aliphatic hydroxyl groups excluding tert-OH is 1. The second-order valence-electron chi connectivity index (χ2n) is 4.05. The molecule has 102 valence electrons. The smallest absolute Gasteiger partial charge is 0.315 e. The number of thiophene rings is 2. The molecule has 19 heavy (non-hydrogen) atoms. The van der Waals surface area contributed by atoms with Gasteiger partial charge in [-0.3, -0.25) is 0 Å². The molecule has 1 unspecified atom stereocenters. The molecule has 0 radical (unpaired) electrons. The standard InChI is InChI=1S/C13H16N2O2S2/c16-12(10-4-7-18-9-10)3-5-14-13(17)15-8-11-2-1-6-19-11/h1-2,4,6-7,9,12,16H,3,5,8H2,(H2,14,15,17). The second-order valence-corrected chi connectivity index (χ2v) is 5.86. The van der Waals surface area contributed by atoms with Gasteiger partial charge in [-0.25, -0.2) is 4.79 Å². The van der Waals surface area contributed by atoms with E-state index in [0.717, 1.165) is 10.4 Å². The van der Waals surface area contributed by atoms with Crippen LogP contribution in [-0.2, 0) is 6.54 Å². The highest BCUT2D eigenvalue weighted by molar-refractivity contribution is 7.09. The molecule has 0 aromatic carbocycles. The van der Waals surface area contributed by atoms with E-state index in [1.807, 2.05) is 34.3 Å². The van der Waals surface area contributed by atoms with Crippen molar-refractivity contribution < 1.29 is 9.90 Å². The first-order valence-electron chi connectivity index (χ1n) is 6.00. The molecule has 2 rings (SSSR count). The van der Waals surface area contributed by atoms with Crippen molar-refractivity contribution in [3.63, 3.8) is 0 Å². The zero-order valence-electron chi connectivity index (χ0n) is 10.3. The molecule has 0 bridgehead atoms. The van der Waals surface area contributed by atoms with Crippen molar-refractivity contribution in [2.45, 2.75) is 19.1 Å². The normalized spacial score (nSPS) is 12.1. The van der Waals surface area contributed by atoms with Crippen molar-refractivity contribution in [3.05, 3.63) is 44.8 Å². The fourth-order valence-corrected chi connectivity index (χ4v) is 2.95. The third-order valence-corrected chi connectivity index (χ3v) is 4.21. The van der Waals surface area contributed by atoms with Crippen molar-refractivity contribution >= 4 is 28.7 Å². The lowest BCUT2D eigenvalue weighted by atomic mass is 10.1. The van der Waals surface area contributed by atoms with E-state index < -0.39 is 6.10 Å². The molecule has 0 aliphatic carbocycles. The van der Waals surface area contributed by atoms with E-state index in [1.165, 1.54) is 0 Å². The minimum absolute atomic E-state index is 0.203. The maximum absolute atomic E-state index is 11.5. The Morgan fingerprint density at radius 2 is 2.21 bits per heavy atom. The van der Waals surface area contributed by atoms with Gasteiger partial charge in [0.15, 0.2) is 0 Å². The fourth-order valence-electron chi connectivity index (χ4n) is 1.60. The van der Waals surface area contributed by atoms with Crippen LogP contribution in [0.15, 0.2) is 34.3 Å². The predicted octanol–water partition coefficient (Wildman–Crippen LogP) is 2.73. The summed E-state index contributed by atoms with van der Waals surface area (Å²) in [6, 6.07) is 5.62. The molecule has 0 aliphatic heterocycles. The minimum atomic E-state index is -0.510. The van der Waals surface area contributed by atoms with E-state index >= 15 is 0 Å². The zero-order valence-corrected chi connectivity index (χ0v) is 12.0. The summed E-state index contributed by atoms with van der Waals surface area (Å²) in [4.78, 5) is 12.6. The number of aliphatic hydroxyl groups is 1. The predicted molar refractivity (Wildman–Crippen MR) is 78.5 cm³/mol. The van der Waals surface area contributed by atoms with Crippen LogP contribution in [0.4, 0.5) is 4.79 Å². The van der Waals surface area contributed by atoms with E-state index in [-0.39, 0.29) is 6.03 Å². The Bertz CT molecular complexity index is 483. The molecule has 1 atom stereocenters. The van der Waals surface area contributed by atoms with Crippen LogP contribution < -0.4 is 10.6 Å². The highest BCUT2D eigenvalue weighted by atomic mass is 32.1. The van der Waals surface area contributed by atoms with E-state index in [9.17, 15) is 9.90 Å². The number of carbonyl (C=O) groups excluding carboxylic acids is 1. The Labute approximate surface area is 120 Å². The summed E-state index contributed by atoms with van der Waals surface area (Å²) in [5.41, 5.74) is 0.908. The summed E-state index contributed by atoms with van der Waals surface area (Å²) in [6.45, 7) is 0.990. The van der Waals surface area contributed by atoms with Crippen molar-refractivity contribution in [1.29, 1.82) is 0 Å². The zero-order chi connectivity index (χ0) is 13.5. The first kappa shape index (κ1) is 14.0. The Kier molecular flexibility index (Phi) is 5.38. The summed E-state index contributed by atoms with van der Waals surface area (Å²) in [6.07, 6.45) is 0.00669. The SMILES string of the molecule is O=C(NCCC(O)c1ccsc1)NCc1cccs1. The molecule has 6 heteroatoms. The highest BCUT2D eigenvalue weighted by Crippen LogP contribution is 2.18. The molecule has 2 aromatic rings. The molecule has 4 nitrogen and oxygen atoms in total. The fraction of sp³-hybridized carbons (Fsp3) is 0.308. The Morgan fingerprint density at radius 1 is 1.32 bits per heavy atom. The first-order chi connectivity index (χ1) is 9.25. The van der Waals surface area contributed by atoms with Crippen LogP contribution in [0, 0.1) is 0 Å². The average Bonchev–Trinajstić information content (AvgIpc) is 3.09. The van der Waals surface area contributed by atoms with Crippen LogP contribution in [0.3, 0.4) is 0 Å². The summed E-state index contributed by atoms with van der Waals surface area (Å²) in [5, 5.41) is 21.2. The third kappa shape index (κ3) is 4.66. The number of carbonyl (C=O) groups is 1. The Morgan fingerprint density at radius 3 is 2.89 bits per heavy atom. The molecule has 0 saturated carbocycles. The van der Waals surface area contributed by atoms with Gasteiger partial charge >= 0.3 is 6.03 Å². The monoisotopic (exact) mass is 296 g/mol. The number of hydrogen-bond donors (Lipinski definition) is 3. The van der Waals surface area contributed by atoms with Gasteiger partial charge in [-0.2, -0.15) is 11.3 Å². The second kappa shape index (κ2) is 7.28. The van der Waals surface area contributed by atoms with Gasteiger partial charge in [-0.1, -0.05) is 6.07 Å². The quantitative estimate of drug-likeness (QED) is 0.767. The van der Waals surface area contributed by atoms with Crippen LogP contribution >= 0.6 is 22.7 Å². The van der Waals surface area contributed by atoms with Gasteiger partial charge in [0.1, 0.15) is 0 Å². The van der Waals surface area contributed by atoms with E-state index in [1.54, 1.807) is 22.7 Å².